The Bertz CT molecular complexity index is 651. The summed E-state index contributed by atoms with van der Waals surface area (Å²) in [6.45, 7) is 3.11. The van der Waals surface area contributed by atoms with Crippen LogP contribution in [0.1, 0.15) is 38.2 Å². The molecule has 0 aliphatic heterocycles. The summed E-state index contributed by atoms with van der Waals surface area (Å²) in [5.74, 6) is 0. The Morgan fingerprint density at radius 2 is 2.05 bits per heavy atom. The Kier molecular flexibility index (Phi) is 3.56. The number of nitriles is 1. The minimum Gasteiger partial charge on any atom is -0.367 e. The monoisotopic (exact) mass is 265 g/mol. The van der Waals surface area contributed by atoms with Gasteiger partial charge in [0.25, 0.3) is 0 Å². The molecule has 0 amide bonds. The van der Waals surface area contributed by atoms with Crippen molar-refractivity contribution < 1.29 is 0 Å². The first-order valence-electron chi connectivity index (χ1n) is 7.39. The highest BCUT2D eigenvalue weighted by Crippen LogP contribution is 2.34. The van der Waals surface area contributed by atoms with E-state index in [1.807, 2.05) is 18.2 Å². The first-order valence-corrected chi connectivity index (χ1v) is 7.39. The van der Waals surface area contributed by atoms with E-state index in [9.17, 15) is 5.26 Å². The lowest BCUT2D eigenvalue weighted by atomic mass is 10.1. The van der Waals surface area contributed by atoms with E-state index in [1.54, 1.807) is 6.20 Å². The Labute approximate surface area is 119 Å². The summed E-state index contributed by atoms with van der Waals surface area (Å²) in [6, 6.07) is 11.0. The molecule has 1 heterocycles. The van der Waals surface area contributed by atoms with Crippen molar-refractivity contribution in [3.05, 3.63) is 36.0 Å². The summed E-state index contributed by atoms with van der Waals surface area (Å²) >= 11 is 0. The van der Waals surface area contributed by atoms with Crippen LogP contribution in [0.25, 0.3) is 10.9 Å². The summed E-state index contributed by atoms with van der Waals surface area (Å²) < 4.78 is 0. The Hall–Kier alpha value is -2.08. The highest BCUT2D eigenvalue weighted by molar-refractivity contribution is 5.94. The van der Waals surface area contributed by atoms with Crippen LogP contribution in [0.3, 0.4) is 0 Å². The number of aromatic nitrogens is 1. The van der Waals surface area contributed by atoms with Gasteiger partial charge in [-0.3, -0.25) is 4.98 Å². The molecule has 1 aromatic heterocycles. The van der Waals surface area contributed by atoms with Gasteiger partial charge in [0.2, 0.25) is 0 Å². The SMILES string of the molecule is CCN(c1c(C#N)cnc2ccccc12)C1CCCC1. The lowest BCUT2D eigenvalue weighted by molar-refractivity contribution is 0.621. The molecule has 0 N–H and O–H groups in total. The molecule has 0 bridgehead atoms. The smallest absolute Gasteiger partial charge is 0.103 e. The largest absolute Gasteiger partial charge is 0.367 e. The van der Waals surface area contributed by atoms with Crippen molar-refractivity contribution in [2.24, 2.45) is 0 Å². The van der Waals surface area contributed by atoms with Crippen molar-refractivity contribution in [3.63, 3.8) is 0 Å². The first kappa shape index (κ1) is 12.9. The maximum Gasteiger partial charge on any atom is 0.103 e. The highest BCUT2D eigenvalue weighted by Gasteiger charge is 2.25. The van der Waals surface area contributed by atoms with E-state index in [4.69, 9.17) is 0 Å². The predicted molar refractivity (Wildman–Crippen MR) is 81.7 cm³/mol. The summed E-state index contributed by atoms with van der Waals surface area (Å²) in [5, 5.41) is 10.5. The van der Waals surface area contributed by atoms with Crippen molar-refractivity contribution in [1.82, 2.24) is 4.98 Å². The van der Waals surface area contributed by atoms with Gasteiger partial charge in [0, 0.05) is 24.2 Å². The van der Waals surface area contributed by atoms with Crippen LogP contribution in [0.5, 0.6) is 0 Å². The van der Waals surface area contributed by atoms with E-state index in [0.29, 0.717) is 11.6 Å². The van der Waals surface area contributed by atoms with Gasteiger partial charge in [-0.15, -0.1) is 0 Å². The van der Waals surface area contributed by atoms with Crippen LogP contribution < -0.4 is 4.90 Å². The van der Waals surface area contributed by atoms with Gasteiger partial charge >= 0.3 is 0 Å². The fraction of sp³-hybridized carbons (Fsp3) is 0.412. The van der Waals surface area contributed by atoms with Crippen molar-refractivity contribution in [1.29, 1.82) is 5.26 Å². The zero-order valence-corrected chi connectivity index (χ0v) is 11.8. The second-order valence-corrected chi connectivity index (χ2v) is 5.37. The summed E-state index contributed by atoms with van der Waals surface area (Å²) in [7, 11) is 0. The van der Waals surface area contributed by atoms with Gasteiger partial charge < -0.3 is 4.90 Å². The van der Waals surface area contributed by atoms with Gasteiger partial charge in [0.15, 0.2) is 0 Å². The molecule has 1 aromatic carbocycles. The van der Waals surface area contributed by atoms with E-state index < -0.39 is 0 Å². The molecule has 3 nitrogen and oxygen atoms in total. The molecule has 0 spiro atoms. The van der Waals surface area contributed by atoms with Gasteiger partial charge in [-0.25, -0.2) is 0 Å². The maximum absolute atomic E-state index is 9.45. The number of hydrogen-bond acceptors (Lipinski definition) is 3. The molecule has 0 saturated heterocycles. The third kappa shape index (κ3) is 2.12. The molecule has 0 radical (unpaired) electrons. The number of benzene rings is 1. The fourth-order valence-electron chi connectivity index (χ4n) is 3.33. The van der Waals surface area contributed by atoms with Gasteiger partial charge in [-0.2, -0.15) is 5.26 Å². The molecule has 20 heavy (non-hydrogen) atoms. The summed E-state index contributed by atoms with van der Waals surface area (Å²) in [5.41, 5.74) is 2.74. The number of para-hydroxylation sites is 1. The lowest BCUT2D eigenvalue weighted by Crippen LogP contribution is -2.33. The highest BCUT2D eigenvalue weighted by atomic mass is 15.2. The second-order valence-electron chi connectivity index (χ2n) is 5.37. The summed E-state index contributed by atoms with van der Waals surface area (Å²) in [6.07, 6.45) is 6.78. The van der Waals surface area contributed by atoms with E-state index >= 15 is 0 Å². The first-order chi connectivity index (χ1) is 9.85. The third-order valence-electron chi connectivity index (χ3n) is 4.26. The molecule has 1 fully saturated rings. The van der Waals surface area contributed by atoms with Crippen LogP contribution in [-0.2, 0) is 0 Å². The van der Waals surface area contributed by atoms with Crippen LogP contribution in [0, 0.1) is 11.3 Å². The fourth-order valence-corrected chi connectivity index (χ4v) is 3.33. The predicted octanol–water partition coefficient (Wildman–Crippen LogP) is 3.88. The number of rotatable bonds is 3. The van der Waals surface area contributed by atoms with Crippen molar-refractivity contribution >= 4 is 16.6 Å². The average molecular weight is 265 g/mol. The average Bonchev–Trinajstić information content (AvgIpc) is 3.02. The van der Waals surface area contributed by atoms with Crippen molar-refractivity contribution in [3.8, 4) is 6.07 Å². The molecule has 1 saturated carbocycles. The molecule has 0 atom stereocenters. The standard InChI is InChI=1S/C17H19N3/c1-2-20(14-7-3-4-8-14)17-13(11-18)12-19-16-10-6-5-9-15(16)17/h5-6,9-10,12,14H,2-4,7-8H2,1H3. The maximum atomic E-state index is 9.45. The summed E-state index contributed by atoms with van der Waals surface area (Å²) in [4.78, 5) is 6.82. The van der Waals surface area contributed by atoms with E-state index in [1.165, 1.54) is 25.7 Å². The number of hydrogen-bond donors (Lipinski definition) is 0. The van der Waals surface area contributed by atoms with Crippen LogP contribution in [0.4, 0.5) is 5.69 Å². The van der Waals surface area contributed by atoms with Crippen LogP contribution in [0.2, 0.25) is 0 Å². The Balaban J connectivity index is 2.18. The molecule has 3 heteroatoms. The van der Waals surface area contributed by atoms with E-state index in [0.717, 1.165) is 23.1 Å². The minimum absolute atomic E-state index is 0.568. The van der Waals surface area contributed by atoms with E-state index in [-0.39, 0.29) is 0 Å². The Morgan fingerprint density at radius 1 is 1.30 bits per heavy atom. The van der Waals surface area contributed by atoms with Crippen LogP contribution in [0.15, 0.2) is 30.5 Å². The lowest BCUT2D eigenvalue weighted by Gasteiger charge is -2.31. The third-order valence-corrected chi connectivity index (χ3v) is 4.26. The second kappa shape index (κ2) is 5.50. The van der Waals surface area contributed by atoms with E-state index in [2.05, 4.69) is 28.9 Å². The molecule has 2 aromatic rings. The molecule has 3 rings (SSSR count). The zero-order valence-electron chi connectivity index (χ0n) is 11.8. The molecule has 102 valence electrons. The van der Waals surface area contributed by atoms with Gasteiger partial charge in [-0.05, 0) is 25.8 Å². The zero-order chi connectivity index (χ0) is 13.9. The normalized spacial score (nSPS) is 15.4. The minimum atomic E-state index is 0.568. The molecule has 0 unspecified atom stereocenters. The van der Waals surface area contributed by atoms with Crippen LogP contribution in [-0.4, -0.2) is 17.6 Å². The van der Waals surface area contributed by atoms with Gasteiger partial charge in [-0.1, -0.05) is 31.0 Å². The topological polar surface area (TPSA) is 39.9 Å². The van der Waals surface area contributed by atoms with Gasteiger partial charge in [0.1, 0.15) is 6.07 Å². The molecule has 1 aliphatic carbocycles. The van der Waals surface area contributed by atoms with Crippen LogP contribution >= 0.6 is 0 Å². The number of fused-ring (bicyclic) bond motifs is 1. The van der Waals surface area contributed by atoms with Crippen molar-refractivity contribution in [2.45, 2.75) is 38.6 Å². The van der Waals surface area contributed by atoms with Crippen molar-refractivity contribution in [2.75, 3.05) is 11.4 Å². The Morgan fingerprint density at radius 3 is 2.75 bits per heavy atom. The molecular formula is C17H19N3. The van der Waals surface area contributed by atoms with Gasteiger partial charge in [0.05, 0.1) is 16.8 Å². The quantitative estimate of drug-likeness (QED) is 0.845. The number of anilines is 1. The molecule has 1 aliphatic rings. The molecular weight excluding hydrogens is 246 g/mol. The number of nitrogens with zero attached hydrogens (tertiary/aromatic N) is 3. The number of pyridine rings is 1.